The molecule has 3 aromatic rings. The molecule has 0 spiro atoms. The Bertz CT molecular complexity index is 1170. The van der Waals surface area contributed by atoms with E-state index in [9.17, 15) is 9.59 Å². The van der Waals surface area contributed by atoms with Gasteiger partial charge in [-0.05, 0) is 49.4 Å². The first-order valence-corrected chi connectivity index (χ1v) is 12.3. The van der Waals surface area contributed by atoms with E-state index in [1.165, 1.54) is 6.42 Å². The number of amides is 2. The lowest BCUT2D eigenvalue weighted by molar-refractivity contribution is -0.127. The molecule has 3 heterocycles. The van der Waals surface area contributed by atoms with Crippen molar-refractivity contribution in [1.82, 2.24) is 15.1 Å². The van der Waals surface area contributed by atoms with Crippen LogP contribution in [0.25, 0.3) is 10.6 Å². The molecule has 0 bridgehead atoms. The van der Waals surface area contributed by atoms with E-state index in [1.807, 2.05) is 48.7 Å². The molecule has 0 unspecified atom stereocenters. The molecule has 1 N–H and O–H groups in total. The van der Waals surface area contributed by atoms with Crippen molar-refractivity contribution in [3.05, 3.63) is 53.5 Å². The summed E-state index contributed by atoms with van der Waals surface area (Å²) in [6.07, 6.45) is 5.40. The number of nitrogens with one attached hydrogen (secondary N) is 1. The lowest BCUT2D eigenvalue weighted by Crippen LogP contribution is -2.65. The van der Waals surface area contributed by atoms with E-state index in [-0.39, 0.29) is 24.4 Å². The molecular weight excluding hydrogens is 436 g/mol. The predicted octanol–water partition coefficient (Wildman–Crippen LogP) is 4.49. The van der Waals surface area contributed by atoms with Gasteiger partial charge in [0.15, 0.2) is 0 Å². The monoisotopic (exact) mass is 464 g/mol. The Morgan fingerprint density at radius 3 is 2.73 bits per heavy atom. The van der Waals surface area contributed by atoms with Gasteiger partial charge in [-0.15, -0.1) is 11.3 Å². The van der Waals surface area contributed by atoms with Crippen molar-refractivity contribution in [1.29, 1.82) is 0 Å². The molecule has 5 rings (SSSR count). The molecule has 7 nitrogen and oxygen atoms in total. The molecule has 33 heavy (non-hydrogen) atoms. The highest BCUT2D eigenvalue weighted by Crippen LogP contribution is 2.36. The average Bonchev–Trinajstić information content (AvgIpc) is 3.50. The Kier molecular flexibility index (Phi) is 5.70. The summed E-state index contributed by atoms with van der Waals surface area (Å²) in [5, 5.41) is 9.93. The number of rotatable bonds is 5. The molecule has 1 aliphatic heterocycles. The van der Waals surface area contributed by atoms with Crippen LogP contribution in [-0.2, 0) is 11.3 Å². The van der Waals surface area contributed by atoms with Gasteiger partial charge in [-0.2, -0.15) is 5.10 Å². The third kappa shape index (κ3) is 3.93. The van der Waals surface area contributed by atoms with Crippen molar-refractivity contribution in [2.24, 2.45) is 0 Å². The molecule has 2 aliphatic rings. The second kappa shape index (κ2) is 8.67. The van der Waals surface area contributed by atoms with Gasteiger partial charge in [-0.25, -0.2) is 0 Å². The molecule has 1 aliphatic carbocycles. The molecule has 2 amide bonds. The number of aromatic nitrogens is 2. The predicted molar refractivity (Wildman–Crippen MR) is 129 cm³/mol. The Balaban J connectivity index is 1.57. The summed E-state index contributed by atoms with van der Waals surface area (Å²) in [7, 11) is 1.59. The van der Waals surface area contributed by atoms with Gasteiger partial charge in [0.1, 0.15) is 22.7 Å². The largest absolute Gasteiger partial charge is 0.497 e. The zero-order valence-electron chi connectivity index (χ0n) is 18.9. The normalized spacial score (nSPS) is 21.0. The van der Waals surface area contributed by atoms with E-state index < -0.39 is 5.54 Å². The zero-order chi connectivity index (χ0) is 23.0. The average molecular weight is 465 g/mol. The molecule has 8 heteroatoms. The molecule has 1 fully saturated rings. The first-order valence-electron chi connectivity index (χ1n) is 11.4. The van der Waals surface area contributed by atoms with Crippen molar-refractivity contribution in [2.45, 2.75) is 57.2 Å². The van der Waals surface area contributed by atoms with Gasteiger partial charge in [-0.3, -0.25) is 19.2 Å². The van der Waals surface area contributed by atoms with Crippen molar-refractivity contribution in [2.75, 3.05) is 12.0 Å². The number of thiophene rings is 1. The fourth-order valence-corrected chi connectivity index (χ4v) is 5.55. The number of benzene rings is 1. The van der Waals surface area contributed by atoms with E-state index >= 15 is 0 Å². The van der Waals surface area contributed by atoms with Crippen LogP contribution < -0.4 is 15.0 Å². The highest BCUT2D eigenvalue weighted by Gasteiger charge is 2.49. The number of methoxy groups -OCH3 is 1. The number of carbonyl (C=O) groups excluding carboxylic acids is 2. The number of hydrogen-bond acceptors (Lipinski definition) is 5. The van der Waals surface area contributed by atoms with E-state index in [1.54, 1.807) is 34.1 Å². The smallest absolute Gasteiger partial charge is 0.277 e. The zero-order valence-corrected chi connectivity index (χ0v) is 19.7. The summed E-state index contributed by atoms with van der Waals surface area (Å²) >= 11 is 1.58. The van der Waals surface area contributed by atoms with Crippen LogP contribution in [0.1, 0.15) is 49.5 Å². The van der Waals surface area contributed by atoms with Gasteiger partial charge in [0.2, 0.25) is 5.91 Å². The number of fused-ring (bicyclic) bond motifs is 1. The van der Waals surface area contributed by atoms with Gasteiger partial charge < -0.3 is 10.1 Å². The third-order valence-electron chi connectivity index (χ3n) is 6.67. The second-order valence-electron chi connectivity index (χ2n) is 8.97. The molecular formula is C25H28N4O3S. The van der Waals surface area contributed by atoms with Crippen LogP contribution in [0.3, 0.4) is 0 Å². The van der Waals surface area contributed by atoms with Crippen LogP contribution in [0.4, 0.5) is 5.69 Å². The lowest BCUT2D eigenvalue weighted by atomic mass is 9.91. The summed E-state index contributed by atoms with van der Waals surface area (Å²) < 4.78 is 7.09. The summed E-state index contributed by atoms with van der Waals surface area (Å²) in [4.78, 5) is 30.2. The topological polar surface area (TPSA) is 76.5 Å². The lowest BCUT2D eigenvalue weighted by Gasteiger charge is -2.44. The number of hydrogen-bond donors (Lipinski definition) is 1. The molecule has 2 aromatic heterocycles. The SMILES string of the molecule is COc1cccc(N2C(=O)c3cc(-c4cccs4)nn3C[C@@]2(C)C(=O)NC2CCCCC2)c1. The van der Waals surface area contributed by atoms with Gasteiger partial charge in [0.05, 0.1) is 18.5 Å². The maximum atomic E-state index is 13.9. The van der Waals surface area contributed by atoms with Crippen molar-refractivity contribution in [3.63, 3.8) is 0 Å². The van der Waals surface area contributed by atoms with E-state index in [0.717, 1.165) is 36.3 Å². The summed E-state index contributed by atoms with van der Waals surface area (Å²) in [5.41, 5.74) is 0.720. The van der Waals surface area contributed by atoms with E-state index in [0.29, 0.717) is 17.1 Å². The second-order valence-corrected chi connectivity index (χ2v) is 9.92. The Hall–Kier alpha value is -3.13. The Labute approximate surface area is 197 Å². The minimum atomic E-state index is -1.13. The fraction of sp³-hybridized carbons (Fsp3) is 0.400. The third-order valence-corrected chi connectivity index (χ3v) is 7.56. The number of anilines is 1. The van der Waals surface area contributed by atoms with Gasteiger partial charge in [-0.1, -0.05) is 31.4 Å². The minimum absolute atomic E-state index is 0.144. The van der Waals surface area contributed by atoms with Crippen LogP contribution in [0.2, 0.25) is 0 Å². The first kappa shape index (κ1) is 21.7. The standard InChI is InChI=1S/C25H28N4O3S/c1-25(24(31)26-17-8-4-3-5-9-17)16-28-21(15-20(27-28)22-12-7-13-33-22)23(30)29(25)18-10-6-11-19(14-18)32-2/h6-7,10-15,17H,3-5,8-9,16H2,1-2H3,(H,26,31)/t25-/m0/s1. The molecule has 1 aromatic carbocycles. The van der Waals surface area contributed by atoms with Gasteiger partial charge in [0.25, 0.3) is 5.91 Å². The van der Waals surface area contributed by atoms with Crippen LogP contribution in [0.15, 0.2) is 47.8 Å². The number of nitrogens with zero attached hydrogens (tertiary/aromatic N) is 3. The van der Waals surface area contributed by atoms with Crippen molar-refractivity contribution < 1.29 is 14.3 Å². The van der Waals surface area contributed by atoms with Crippen molar-refractivity contribution >= 4 is 28.8 Å². The fourth-order valence-electron chi connectivity index (χ4n) is 4.87. The summed E-state index contributed by atoms with van der Waals surface area (Å²) in [5.74, 6) is 0.240. The van der Waals surface area contributed by atoms with Crippen molar-refractivity contribution in [3.8, 4) is 16.3 Å². The molecule has 1 saturated carbocycles. The highest BCUT2D eigenvalue weighted by molar-refractivity contribution is 7.13. The van der Waals surface area contributed by atoms with E-state index in [2.05, 4.69) is 5.32 Å². The maximum Gasteiger partial charge on any atom is 0.277 e. The van der Waals surface area contributed by atoms with Crippen LogP contribution in [-0.4, -0.2) is 40.3 Å². The number of ether oxygens (including phenoxy) is 1. The molecule has 1 atom stereocenters. The minimum Gasteiger partial charge on any atom is -0.497 e. The van der Waals surface area contributed by atoms with Crippen LogP contribution in [0, 0.1) is 0 Å². The van der Waals surface area contributed by atoms with Crippen LogP contribution in [0.5, 0.6) is 5.75 Å². The first-order chi connectivity index (χ1) is 16.0. The van der Waals surface area contributed by atoms with Crippen LogP contribution >= 0.6 is 11.3 Å². The molecule has 0 radical (unpaired) electrons. The Morgan fingerprint density at radius 2 is 2.00 bits per heavy atom. The highest BCUT2D eigenvalue weighted by atomic mass is 32.1. The van der Waals surface area contributed by atoms with Gasteiger partial charge in [0, 0.05) is 17.8 Å². The number of carbonyl (C=O) groups is 2. The Morgan fingerprint density at radius 1 is 1.18 bits per heavy atom. The maximum absolute atomic E-state index is 13.9. The molecule has 172 valence electrons. The summed E-state index contributed by atoms with van der Waals surface area (Å²) in [6.45, 7) is 2.10. The summed E-state index contributed by atoms with van der Waals surface area (Å²) in [6, 6.07) is 13.2. The molecule has 0 saturated heterocycles. The van der Waals surface area contributed by atoms with E-state index in [4.69, 9.17) is 9.84 Å². The van der Waals surface area contributed by atoms with Gasteiger partial charge >= 0.3 is 0 Å². The quantitative estimate of drug-likeness (QED) is 0.604.